The van der Waals surface area contributed by atoms with Gasteiger partial charge in [-0.15, -0.1) is 0 Å². The highest BCUT2D eigenvalue weighted by Crippen LogP contribution is 2.22. The standard InChI is InChI=1S/C16H15F2NO/c1-2-16(20)19-10-11-4-3-5-12(8-11)13-6-7-14(17)15(18)9-13/h3-9H,2,10H2,1H3,(H,19,20). The maximum atomic E-state index is 13.2. The molecule has 0 atom stereocenters. The second-order valence-corrected chi connectivity index (χ2v) is 4.46. The molecule has 0 aliphatic carbocycles. The molecular weight excluding hydrogens is 260 g/mol. The van der Waals surface area contributed by atoms with E-state index in [0.717, 1.165) is 17.2 Å². The Morgan fingerprint density at radius 2 is 1.80 bits per heavy atom. The van der Waals surface area contributed by atoms with Gasteiger partial charge in [0.1, 0.15) is 0 Å². The van der Waals surface area contributed by atoms with Crippen molar-refractivity contribution in [2.45, 2.75) is 19.9 Å². The summed E-state index contributed by atoms with van der Waals surface area (Å²) < 4.78 is 26.2. The van der Waals surface area contributed by atoms with Crippen LogP contribution in [0.4, 0.5) is 8.78 Å². The van der Waals surface area contributed by atoms with Gasteiger partial charge in [0, 0.05) is 13.0 Å². The normalized spacial score (nSPS) is 10.3. The van der Waals surface area contributed by atoms with Crippen LogP contribution in [0.3, 0.4) is 0 Å². The molecule has 0 aliphatic heterocycles. The first-order valence-corrected chi connectivity index (χ1v) is 6.41. The first-order valence-electron chi connectivity index (χ1n) is 6.41. The van der Waals surface area contributed by atoms with E-state index in [1.54, 1.807) is 6.92 Å². The molecule has 20 heavy (non-hydrogen) atoms. The Morgan fingerprint density at radius 1 is 1.05 bits per heavy atom. The number of carbonyl (C=O) groups is 1. The third-order valence-electron chi connectivity index (χ3n) is 2.99. The van der Waals surface area contributed by atoms with Crippen molar-refractivity contribution in [3.8, 4) is 11.1 Å². The van der Waals surface area contributed by atoms with Crippen molar-refractivity contribution in [3.63, 3.8) is 0 Å². The summed E-state index contributed by atoms with van der Waals surface area (Å²) in [6.45, 7) is 2.21. The van der Waals surface area contributed by atoms with Crippen molar-refractivity contribution in [2.24, 2.45) is 0 Å². The average molecular weight is 275 g/mol. The van der Waals surface area contributed by atoms with Crippen molar-refractivity contribution in [2.75, 3.05) is 0 Å². The van der Waals surface area contributed by atoms with Crippen LogP contribution in [0.15, 0.2) is 42.5 Å². The van der Waals surface area contributed by atoms with E-state index in [1.165, 1.54) is 12.1 Å². The third-order valence-corrected chi connectivity index (χ3v) is 2.99. The molecule has 2 rings (SSSR count). The van der Waals surface area contributed by atoms with Gasteiger partial charge in [0.05, 0.1) is 0 Å². The number of rotatable bonds is 4. The largest absolute Gasteiger partial charge is 0.352 e. The molecule has 0 aromatic heterocycles. The van der Waals surface area contributed by atoms with Crippen LogP contribution in [0, 0.1) is 11.6 Å². The molecular formula is C16H15F2NO. The van der Waals surface area contributed by atoms with Gasteiger partial charge in [-0.25, -0.2) is 8.78 Å². The highest BCUT2D eigenvalue weighted by Gasteiger charge is 2.05. The fraction of sp³-hybridized carbons (Fsp3) is 0.188. The lowest BCUT2D eigenvalue weighted by Gasteiger charge is -2.07. The molecule has 0 spiro atoms. The topological polar surface area (TPSA) is 29.1 Å². The molecule has 104 valence electrons. The number of nitrogens with one attached hydrogen (secondary N) is 1. The van der Waals surface area contributed by atoms with Gasteiger partial charge in [-0.3, -0.25) is 4.79 Å². The monoisotopic (exact) mass is 275 g/mol. The van der Waals surface area contributed by atoms with E-state index in [0.29, 0.717) is 18.5 Å². The summed E-state index contributed by atoms with van der Waals surface area (Å²) in [4.78, 5) is 11.2. The Bertz CT molecular complexity index is 626. The van der Waals surface area contributed by atoms with Gasteiger partial charge in [0.15, 0.2) is 11.6 Å². The average Bonchev–Trinajstić information content (AvgIpc) is 2.48. The minimum absolute atomic E-state index is 0.0248. The number of hydrogen-bond donors (Lipinski definition) is 1. The van der Waals surface area contributed by atoms with E-state index < -0.39 is 11.6 Å². The van der Waals surface area contributed by atoms with Crippen LogP contribution in [0.25, 0.3) is 11.1 Å². The van der Waals surface area contributed by atoms with Gasteiger partial charge in [0.2, 0.25) is 5.91 Å². The van der Waals surface area contributed by atoms with Crippen LogP contribution >= 0.6 is 0 Å². The smallest absolute Gasteiger partial charge is 0.219 e. The number of carbonyl (C=O) groups excluding carboxylic acids is 1. The minimum atomic E-state index is -0.868. The van der Waals surface area contributed by atoms with Crippen LogP contribution in [0.1, 0.15) is 18.9 Å². The summed E-state index contributed by atoms with van der Waals surface area (Å²) in [5.41, 5.74) is 2.30. The lowest BCUT2D eigenvalue weighted by molar-refractivity contribution is -0.120. The Morgan fingerprint density at radius 3 is 2.50 bits per heavy atom. The molecule has 1 amide bonds. The molecule has 4 heteroatoms. The lowest BCUT2D eigenvalue weighted by Crippen LogP contribution is -2.21. The van der Waals surface area contributed by atoms with Crippen LogP contribution in [-0.4, -0.2) is 5.91 Å². The summed E-state index contributed by atoms with van der Waals surface area (Å²) in [6, 6.07) is 11.2. The highest BCUT2D eigenvalue weighted by atomic mass is 19.2. The fourth-order valence-electron chi connectivity index (χ4n) is 1.86. The van der Waals surface area contributed by atoms with Crippen LogP contribution < -0.4 is 5.32 Å². The molecule has 0 radical (unpaired) electrons. The fourth-order valence-corrected chi connectivity index (χ4v) is 1.86. The lowest BCUT2D eigenvalue weighted by atomic mass is 10.0. The first kappa shape index (κ1) is 14.2. The Kier molecular flexibility index (Phi) is 4.45. The summed E-state index contributed by atoms with van der Waals surface area (Å²) in [7, 11) is 0. The minimum Gasteiger partial charge on any atom is -0.352 e. The summed E-state index contributed by atoms with van der Waals surface area (Å²) >= 11 is 0. The van der Waals surface area contributed by atoms with E-state index in [9.17, 15) is 13.6 Å². The van der Waals surface area contributed by atoms with Crippen LogP contribution in [-0.2, 0) is 11.3 Å². The van der Waals surface area contributed by atoms with Crippen molar-refractivity contribution in [3.05, 3.63) is 59.7 Å². The molecule has 0 saturated heterocycles. The van der Waals surface area contributed by atoms with Crippen molar-refractivity contribution in [1.82, 2.24) is 5.32 Å². The van der Waals surface area contributed by atoms with Crippen LogP contribution in [0.2, 0.25) is 0 Å². The van der Waals surface area contributed by atoms with E-state index in [2.05, 4.69) is 5.32 Å². The zero-order chi connectivity index (χ0) is 14.5. The van der Waals surface area contributed by atoms with Crippen LogP contribution in [0.5, 0.6) is 0 Å². The molecule has 2 aromatic rings. The van der Waals surface area contributed by atoms with Crippen molar-refractivity contribution >= 4 is 5.91 Å². The molecule has 0 saturated carbocycles. The number of hydrogen-bond acceptors (Lipinski definition) is 1. The van der Waals surface area contributed by atoms with Crippen molar-refractivity contribution < 1.29 is 13.6 Å². The first-order chi connectivity index (χ1) is 9.60. The number of benzene rings is 2. The third kappa shape index (κ3) is 3.41. The van der Waals surface area contributed by atoms with Gasteiger partial charge >= 0.3 is 0 Å². The molecule has 0 fully saturated rings. The second kappa shape index (κ2) is 6.28. The van der Waals surface area contributed by atoms with Gasteiger partial charge in [-0.1, -0.05) is 31.2 Å². The molecule has 2 aromatic carbocycles. The quantitative estimate of drug-likeness (QED) is 0.906. The zero-order valence-corrected chi connectivity index (χ0v) is 11.1. The maximum Gasteiger partial charge on any atom is 0.219 e. The van der Waals surface area contributed by atoms with Gasteiger partial charge in [-0.2, -0.15) is 0 Å². The molecule has 2 nitrogen and oxygen atoms in total. The van der Waals surface area contributed by atoms with Gasteiger partial charge in [0.25, 0.3) is 0 Å². The highest BCUT2D eigenvalue weighted by molar-refractivity contribution is 5.75. The molecule has 1 N–H and O–H groups in total. The summed E-state index contributed by atoms with van der Waals surface area (Å²) in [6.07, 6.45) is 0.433. The Hall–Kier alpha value is -2.23. The predicted molar refractivity (Wildman–Crippen MR) is 73.9 cm³/mol. The number of halogens is 2. The molecule has 0 bridgehead atoms. The van der Waals surface area contributed by atoms with E-state index in [-0.39, 0.29) is 5.91 Å². The molecule has 0 unspecified atom stereocenters. The number of amides is 1. The Balaban J connectivity index is 2.20. The second-order valence-electron chi connectivity index (χ2n) is 4.46. The van der Waals surface area contributed by atoms with Crippen molar-refractivity contribution in [1.29, 1.82) is 0 Å². The van der Waals surface area contributed by atoms with E-state index >= 15 is 0 Å². The molecule has 0 aliphatic rings. The predicted octanol–water partition coefficient (Wildman–Crippen LogP) is 3.66. The maximum absolute atomic E-state index is 13.2. The van der Waals surface area contributed by atoms with E-state index in [1.807, 2.05) is 24.3 Å². The van der Waals surface area contributed by atoms with E-state index in [4.69, 9.17) is 0 Å². The SMILES string of the molecule is CCC(=O)NCc1cccc(-c2ccc(F)c(F)c2)c1. The Labute approximate surface area is 116 Å². The summed E-state index contributed by atoms with van der Waals surface area (Å²) in [5.74, 6) is -1.75. The van der Waals surface area contributed by atoms with Gasteiger partial charge < -0.3 is 5.32 Å². The zero-order valence-electron chi connectivity index (χ0n) is 11.1. The molecule has 0 heterocycles. The van der Waals surface area contributed by atoms with Gasteiger partial charge in [-0.05, 0) is 34.9 Å². The summed E-state index contributed by atoms with van der Waals surface area (Å²) in [5, 5.41) is 2.77.